The van der Waals surface area contributed by atoms with E-state index in [9.17, 15) is 13.5 Å². The lowest BCUT2D eigenvalue weighted by Crippen LogP contribution is -2.36. The third kappa shape index (κ3) is 3.26. The smallest absolute Gasteiger partial charge is 0.211 e. The van der Waals surface area contributed by atoms with E-state index in [1.165, 1.54) is 6.26 Å². The molecule has 1 N–H and O–H groups in total. The minimum absolute atomic E-state index is 0.148. The van der Waals surface area contributed by atoms with Gasteiger partial charge in [-0.05, 0) is 37.8 Å². The van der Waals surface area contributed by atoms with Crippen LogP contribution in [0.4, 0.5) is 5.82 Å². The maximum Gasteiger partial charge on any atom is 0.211 e. The van der Waals surface area contributed by atoms with Crippen LogP contribution in [0.15, 0.2) is 18.2 Å². The van der Waals surface area contributed by atoms with Crippen molar-refractivity contribution in [2.45, 2.75) is 37.8 Å². The van der Waals surface area contributed by atoms with Crippen LogP contribution in [-0.2, 0) is 10.0 Å². The highest BCUT2D eigenvalue weighted by Gasteiger charge is 2.33. The predicted octanol–water partition coefficient (Wildman–Crippen LogP) is 1.14. The minimum Gasteiger partial charge on any atom is -0.393 e. The van der Waals surface area contributed by atoms with Gasteiger partial charge in [-0.3, -0.25) is 0 Å². The summed E-state index contributed by atoms with van der Waals surface area (Å²) in [5.74, 6) is 0.879. The van der Waals surface area contributed by atoms with Crippen molar-refractivity contribution in [3.05, 3.63) is 23.9 Å². The van der Waals surface area contributed by atoms with E-state index >= 15 is 0 Å². The monoisotopic (exact) mass is 325 g/mol. The van der Waals surface area contributed by atoms with Gasteiger partial charge in [0.1, 0.15) is 5.82 Å². The van der Waals surface area contributed by atoms with Crippen molar-refractivity contribution in [2.24, 2.45) is 0 Å². The summed E-state index contributed by atoms with van der Waals surface area (Å²) in [6, 6.07) is 5.67. The molecule has 1 aromatic rings. The number of piperidine rings is 1. The van der Waals surface area contributed by atoms with E-state index < -0.39 is 10.0 Å². The molecule has 2 aliphatic heterocycles. The maximum absolute atomic E-state index is 11.9. The van der Waals surface area contributed by atoms with Crippen LogP contribution in [-0.4, -0.2) is 54.8 Å². The Morgan fingerprint density at radius 2 is 1.91 bits per heavy atom. The number of aliphatic hydroxyl groups excluding tert-OH is 1. The largest absolute Gasteiger partial charge is 0.393 e. The minimum atomic E-state index is -3.20. The summed E-state index contributed by atoms with van der Waals surface area (Å²) >= 11 is 0. The van der Waals surface area contributed by atoms with Crippen molar-refractivity contribution >= 4 is 15.8 Å². The average molecular weight is 325 g/mol. The van der Waals surface area contributed by atoms with Gasteiger partial charge in [0, 0.05) is 19.6 Å². The van der Waals surface area contributed by atoms with Crippen molar-refractivity contribution in [3.8, 4) is 0 Å². The molecular weight excluding hydrogens is 302 g/mol. The van der Waals surface area contributed by atoms with Gasteiger partial charge in [-0.1, -0.05) is 6.07 Å². The topological polar surface area (TPSA) is 73.7 Å². The van der Waals surface area contributed by atoms with Crippen LogP contribution < -0.4 is 4.90 Å². The van der Waals surface area contributed by atoms with Crippen molar-refractivity contribution in [2.75, 3.05) is 30.8 Å². The Kier molecular flexibility index (Phi) is 4.38. The quantitative estimate of drug-likeness (QED) is 0.902. The van der Waals surface area contributed by atoms with Crippen LogP contribution in [0, 0.1) is 0 Å². The van der Waals surface area contributed by atoms with Gasteiger partial charge in [0.2, 0.25) is 10.0 Å². The van der Waals surface area contributed by atoms with Crippen LogP contribution in [0.25, 0.3) is 0 Å². The molecule has 3 heterocycles. The van der Waals surface area contributed by atoms with E-state index in [-0.39, 0.29) is 12.1 Å². The molecule has 1 aromatic heterocycles. The van der Waals surface area contributed by atoms with E-state index in [0.29, 0.717) is 6.54 Å². The highest BCUT2D eigenvalue weighted by molar-refractivity contribution is 7.88. The predicted molar refractivity (Wildman–Crippen MR) is 85.2 cm³/mol. The number of aliphatic hydroxyl groups is 1. The number of anilines is 1. The summed E-state index contributed by atoms with van der Waals surface area (Å²) in [5.41, 5.74) is 0.826. The van der Waals surface area contributed by atoms with Crippen LogP contribution in [0.2, 0.25) is 0 Å². The summed E-state index contributed by atoms with van der Waals surface area (Å²) in [6.07, 6.45) is 4.26. The van der Waals surface area contributed by atoms with E-state index in [1.807, 2.05) is 18.2 Å². The zero-order chi connectivity index (χ0) is 15.7. The van der Waals surface area contributed by atoms with E-state index in [0.717, 1.165) is 50.3 Å². The van der Waals surface area contributed by atoms with E-state index in [2.05, 4.69) is 4.90 Å². The first-order chi connectivity index (χ1) is 10.4. The molecule has 0 aromatic carbocycles. The first-order valence-electron chi connectivity index (χ1n) is 7.82. The fraction of sp³-hybridized carbons (Fsp3) is 0.667. The standard InChI is InChI=1S/C15H23N3O3S/c1-22(20,21)18-9-3-5-14(18)13-4-2-6-15(16-13)17-10-7-12(19)8-11-17/h2,4,6,12,14,19H,3,5,7-11H2,1H3/t14-/m0/s1. The number of rotatable bonds is 3. The van der Waals surface area contributed by atoms with Gasteiger partial charge >= 0.3 is 0 Å². The Hall–Kier alpha value is -1.18. The lowest BCUT2D eigenvalue weighted by Gasteiger charge is -2.31. The van der Waals surface area contributed by atoms with E-state index in [4.69, 9.17) is 4.98 Å². The summed E-state index contributed by atoms with van der Waals surface area (Å²) in [6.45, 7) is 2.15. The maximum atomic E-state index is 11.9. The summed E-state index contributed by atoms with van der Waals surface area (Å²) in [4.78, 5) is 6.87. The lowest BCUT2D eigenvalue weighted by atomic mass is 10.1. The average Bonchev–Trinajstić information content (AvgIpc) is 2.98. The molecule has 3 rings (SSSR count). The Morgan fingerprint density at radius 3 is 2.59 bits per heavy atom. The van der Waals surface area contributed by atoms with Gasteiger partial charge in [0.25, 0.3) is 0 Å². The van der Waals surface area contributed by atoms with Gasteiger partial charge in [0.05, 0.1) is 24.1 Å². The van der Waals surface area contributed by atoms with Gasteiger partial charge < -0.3 is 10.0 Å². The van der Waals surface area contributed by atoms with Crippen LogP contribution in [0.3, 0.4) is 0 Å². The number of hydrogen-bond donors (Lipinski definition) is 1. The molecule has 2 fully saturated rings. The molecule has 0 saturated carbocycles. The number of aromatic nitrogens is 1. The molecule has 0 unspecified atom stereocenters. The van der Waals surface area contributed by atoms with E-state index in [1.54, 1.807) is 4.31 Å². The normalized spacial score (nSPS) is 24.8. The third-order valence-corrected chi connectivity index (χ3v) is 5.80. The molecule has 1 atom stereocenters. The molecular formula is C15H23N3O3S. The highest BCUT2D eigenvalue weighted by Crippen LogP contribution is 2.33. The molecule has 0 radical (unpaired) electrons. The van der Waals surface area contributed by atoms with Crippen molar-refractivity contribution in [1.29, 1.82) is 0 Å². The molecule has 2 saturated heterocycles. The Labute approximate surface area is 131 Å². The first-order valence-corrected chi connectivity index (χ1v) is 9.67. The molecule has 7 heteroatoms. The fourth-order valence-electron chi connectivity index (χ4n) is 3.33. The van der Waals surface area contributed by atoms with Crippen LogP contribution in [0.1, 0.15) is 37.4 Å². The summed E-state index contributed by atoms with van der Waals surface area (Å²) in [7, 11) is -3.20. The number of nitrogens with zero attached hydrogens (tertiary/aromatic N) is 3. The molecule has 2 aliphatic rings. The molecule has 6 nitrogen and oxygen atoms in total. The fourth-order valence-corrected chi connectivity index (χ4v) is 4.47. The number of sulfonamides is 1. The number of pyridine rings is 1. The van der Waals surface area contributed by atoms with Gasteiger partial charge in [-0.15, -0.1) is 0 Å². The Balaban J connectivity index is 1.82. The molecule has 22 heavy (non-hydrogen) atoms. The Bertz CT molecular complexity index is 627. The summed E-state index contributed by atoms with van der Waals surface area (Å²) in [5, 5.41) is 9.60. The second-order valence-corrected chi connectivity index (χ2v) is 8.11. The molecule has 0 bridgehead atoms. The lowest BCUT2D eigenvalue weighted by molar-refractivity contribution is 0.145. The zero-order valence-electron chi connectivity index (χ0n) is 12.9. The van der Waals surface area contributed by atoms with Crippen LogP contribution >= 0.6 is 0 Å². The second kappa shape index (κ2) is 6.14. The Morgan fingerprint density at radius 1 is 1.18 bits per heavy atom. The first kappa shape index (κ1) is 15.7. The molecule has 0 spiro atoms. The third-order valence-electron chi connectivity index (χ3n) is 4.52. The van der Waals surface area contributed by atoms with Crippen LogP contribution in [0.5, 0.6) is 0 Å². The second-order valence-electron chi connectivity index (χ2n) is 6.17. The molecule has 0 amide bonds. The van der Waals surface area contributed by atoms with Crippen molar-refractivity contribution in [1.82, 2.24) is 9.29 Å². The highest BCUT2D eigenvalue weighted by atomic mass is 32.2. The molecule has 122 valence electrons. The van der Waals surface area contributed by atoms with Gasteiger partial charge in [-0.2, -0.15) is 4.31 Å². The SMILES string of the molecule is CS(=O)(=O)N1CCC[C@H]1c1cccc(N2CCC(O)CC2)n1. The summed E-state index contributed by atoms with van der Waals surface area (Å²) < 4.78 is 25.4. The van der Waals surface area contributed by atoms with Crippen molar-refractivity contribution in [3.63, 3.8) is 0 Å². The van der Waals surface area contributed by atoms with Crippen molar-refractivity contribution < 1.29 is 13.5 Å². The van der Waals surface area contributed by atoms with Gasteiger partial charge in [-0.25, -0.2) is 13.4 Å². The zero-order valence-corrected chi connectivity index (χ0v) is 13.7. The molecule has 0 aliphatic carbocycles. The number of hydrogen-bond acceptors (Lipinski definition) is 5. The van der Waals surface area contributed by atoms with Gasteiger partial charge in [0.15, 0.2) is 0 Å².